The molecule has 1 unspecified atom stereocenters. The highest BCUT2D eigenvalue weighted by molar-refractivity contribution is 14.1. The summed E-state index contributed by atoms with van der Waals surface area (Å²) in [6, 6.07) is 0.200. The van der Waals surface area contributed by atoms with Crippen LogP contribution in [-0.4, -0.2) is 34.5 Å². The van der Waals surface area contributed by atoms with Crippen molar-refractivity contribution in [2.75, 3.05) is 10.2 Å². The molecule has 3 nitrogen and oxygen atoms in total. The number of hydrogen-bond donors (Lipinski definition) is 0. The van der Waals surface area contributed by atoms with Crippen molar-refractivity contribution in [3.05, 3.63) is 0 Å². The molecule has 1 heterocycles. The van der Waals surface area contributed by atoms with Crippen LogP contribution in [0.25, 0.3) is 0 Å². The highest BCUT2D eigenvalue weighted by Gasteiger charge is 2.43. The Balaban J connectivity index is 3.01. The minimum atomic E-state index is -2.98. The number of alkyl halides is 1. The summed E-state index contributed by atoms with van der Waals surface area (Å²) in [5.41, 5.74) is -0.273. The van der Waals surface area contributed by atoms with Crippen molar-refractivity contribution in [3.63, 3.8) is 0 Å². The smallest absolute Gasteiger partial charge is 0.212 e. The second-order valence-corrected chi connectivity index (χ2v) is 7.23. The van der Waals surface area contributed by atoms with Gasteiger partial charge in [0, 0.05) is 16.0 Å². The van der Waals surface area contributed by atoms with Gasteiger partial charge in [-0.15, -0.1) is 0 Å². The zero-order valence-corrected chi connectivity index (χ0v) is 11.2. The van der Waals surface area contributed by atoms with E-state index in [9.17, 15) is 8.42 Å². The third-order valence-electron chi connectivity index (χ3n) is 2.18. The predicted molar refractivity (Wildman–Crippen MR) is 62.7 cm³/mol. The van der Waals surface area contributed by atoms with Gasteiger partial charge in [-0.3, -0.25) is 0 Å². The van der Waals surface area contributed by atoms with Crippen LogP contribution in [0.3, 0.4) is 0 Å². The molecule has 0 aromatic carbocycles. The fraction of sp³-hybridized carbons (Fsp3) is 1.00. The van der Waals surface area contributed by atoms with Gasteiger partial charge < -0.3 is 0 Å². The van der Waals surface area contributed by atoms with E-state index < -0.39 is 10.0 Å². The first kappa shape index (κ1) is 11.7. The molecule has 1 rings (SSSR count). The number of nitrogens with zero attached hydrogens (tertiary/aromatic N) is 1. The van der Waals surface area contributed by atoms with Crippen LogP contribution in [0, 0.1) is 0 Å². The van der Waals surface area contributed by atoms with Crippen molar-refractivity contribution < 1.29 is 8.42 Å². The third-order valence-corrected chi connectivity index (χ3v) is 5.39. The monoisotopic (exact) mass is 317 g/mol. The van der Waals surface area contributed by atoms with Crippen LogP contribution in [0.5, 0.6) is 0 Å². The molecule has 0 saturated carbocycles. The molecule has 1 aliphatic heterocycles. The van der Waals surface area contributed by atoms with Gasteiger partial charge in [0.2, 0.25) is 10.0 Å². The van der Waals surface area contributed by atoms with Gasteiger partial charge in [-0.2, -0.15) is 4.31 Å². The summed E-state index contributed by atoms with van der Waals surface area (Å²) in [6.07, 6.45) is 0.780. The summed E-state index contributed by atoms with van der Waals surface area (Å²) >= 11 is 2.26. The van der Waals surface area contributed by atoms with E-state index in [-0.39, 0.29) is 11.6 Å². The lowest BCUT2D eigenvalue weighted by atomic mass is 10.1. The Morgan fingerprint density at radius 3 is 2.31 bits per heavy atom. The summed E-state index contributed by atoms with van der Waals surface area (Å²) in [5.74, 6) is 0.317. The van der Waals surface area contributed by atoms with Crippen molar-refractivity contribution in [1.29, 1.82) is 0 Å². The highest BCUT2D eigenvalue weighted by atomic mass is 127. The molecule has 0 N–H and O–H groups in total. The maximum Gasteiger partial charge on any atom is 0.214 e. The lowest BCUT2D eigenvalue weighted by Gasteiger charge is -2.34. The molecule has 0 aromatic rings. The molecule has 0 radical (unpaired) electrons. The van der Waals surface area contributed by atoms with Crippen molar-refractivity contribution >= 4 is 32.6 Å². The van der Waals surface area contributed by atoms with E-state index in [1.807, 2.05) is 20.8 Å². The molecule has 0 amide bonds. The fourth-order valence-corrected chi connectivity index (χ4v) is 5.17. The van der Waals surface area contributed by atoms with Gasteiger partial charge in [0.25, 0.3) is 0 Å². The Labute approximate surface area is 94.1 Å². The minimum absolute atomic E-state index is 0.200. The summed E-state index contributed by atoms with van der Waals surface area (Å²) < 4.78 is 26.0. The second kappa shape index (κ2) is 3.66. The Kier molecular flexibility index (Phi) is 3.30. The molecule has 0 spiro atoms. The van der Waals surface area contributed by atoms with Gasteiger partial charge >= 0.3 is 0 Å². The predicted octanol–water partition coefficient (Wildman–Crippen LogP) is 1.62. The second-order valence-electron chi connectivity index (χ2n) is 4.38. The lowest BCUT2D eigenvalue weighted by Crippen LogP contribution is -2.47. The Bertz CT molecular complexity index is 281. The van der Waals surface area contributed by atoms with E-state index in [1.54, 1.807) is 4.31 Å². The molecule has 78 valence electrons. The van der Waals surface area contributed by atoms with Crippen molar-refractivity contribution in [1.82, 2.24) is 4.31 Å². The number of sulfonamides is 1. The van der Waals surface area contributed by atoms with Gasteiger partial charge in [0.15, 0.2) is 0 Å². The first-order chi connectivity index (χ1) is 5.79. The molecular formula is C8H16INO2S. The molecular weight excluding hydrogens is 301 g/mol. The van der Waals surface area contributed by atoms with Gasteiger partial charge in [0.1, 0.15) is 0 Å². The zero-order valence-electron chi connectivity index (χ0n) is 8.25. The molecule has 0 bridgehead atoms. The van der Waals surface area contributed by atoms with Crippen LogP contribution in [0.1, 0.15) is 27.2 Å². The van der Waals surface area contributed by atoms with Gasteiger partial charge in [-0.05, 0) is 27.2 Å². The SMILES string of the molecule is CC(C)(C)N1C(CI)CCS1(=O)=O. The number of hydrogen-bond acceptors (Lipinski definition) is 2. The molecule has 1 aliphatic rings. The first-order valence-corrected chi connectivity index (χ1v) is 7.50. The van der Waals surface area contributed by atoms with E-state index in [1.165, 1.54) is 0 Å². The molecule has 0 aliphatic carbocycles. The van der Waals surface area contributed by atoms with E-state index in [0.29, 0.717) is 5.75 Å². The number of rotatable bonds is 1. The summed E-state index contributed by atoms with van der Waals surface area (Å²) in [6.45, 7) is 5.86. The standard InChI is InChI=1S/C8H16INO2S/c1-8(2,3)10-7(6-9)4-5-13(10,11)12/h7H,4-6H2,1-3H3. The van der Waals surface area contributed by atoms with Crippen LogP contribution in [0.2, 0.25) is 0 Å². The van der Waals surface area contributed by atoms with Gasteiger partial charge in [-0.25, -0.2) is 8.42 Å². The van der Waals surface area contributed by atoms with Crippen molar-refractivity contribution in [2.24, 2.45) is 0 Å². The average molecular weight is 317 g/mol. The largest absolute Gasteiger partial charge is 0.214 e. The van der Waals surface area contributed by atoms with Crippen molar-refractivity contribution in [2.45, 2.75) is 38.8 Å². The molecule has 1 fully saturated rings. The Morgan fingerprint density at radius 1 is 1.46 bits per heavy atom. The average Bonchev–Trinajstić information content (AvgIpc) is 2.23. The first-order valence-electron chi connectivity index (χ1n) is 4.37. The molecule has 1 atom stereocenters. The van der Waals surface area contributed by atoms with E-state index in [0.717, 1.165) is 10.8 Å². The van der Waals surface area contributed by atoms with Crippen LogP contribution < -0.4 is 0 Å². The summed E-state index contributed by atoms with van der Waals surface area (Å²) in [5, 5.41) is 0. The molecule has 1 saturated heterocycles. The van der Waals surface area contributed by atoms with Crippen LogP contribution in [0.4, 0.5) is 0 Å². The number of halogens is 1. The highest BCUT2D eigenvalue weighted by Crippen LogP contribution is 2.30. The zero-order chi connectivity index (χ0) is 10.3. The molecule has 0 aromatic heterocycles. The summed E-state index contributed by atoms with van der Waals surface area (Å²) in [7, 11) is -2.98. The van der Waals surface area contributed by atoms with Crippen LogP contribution in [0.15, 0.2) is 0 Å². The van der Waals surface area contributed by atoms with E-state index in [4.69, 9.17) is 0 Å². The van der Waals surface area contributed by atoms with E-state index in [2.05, 4.69) is 22.6 Å². The van der Waals surface area contributed by atoms with Crippen molar-refractivity contribution in [3.8, 4) is 0 Å². The third kappa shape index (κ3) is 2.36. The quantitative estimate of drug-likeness (QED) is 0.544. The van der Waals surface area contributed by atoms with Crippen LogP contribution in [-0.2, 0) is 10.0 Å². The molecule has 13 heavy (non-hydrogen) atoms. The Morgan fingerprint density at radius 2 is 2.00 bits per heavy atom. The topological polar surface area (TPSA) is 37.4 Å². The van der Waals surface area contributed by atoms with Gasteiger partial charge in [0.05, 0.1) is 5.75 Å². The lowest BCUT2D eigenvalue weighted by molar-refractivity contribution is 0.219. The van der Waals surface area contributed by atoms with E-state index >= 15 is 0 Å². The minimum Gasteiger partial charge on any atom is -0.212 e. The maximum atomic E-state index is 11.7. The maximum absolute atomic E-state index is 11.7. The normalized spacial score (nSPS) is 29.4. The fourth-order valence-electron chi connectivity index (χ4n) is 1.83. The molecule has 5 heteroatoms. The Hall–Kier alpha value is 0.640. The van der Waals surface area contributed by atoms with Crippen LogP contribution >= 0.6 is 22.6 Å². The summed E-state index contributed by atoms with van der Waals surface area (Å²) in [4.78, 5) is 0. The van der Waals surface area contributed by atoms with Gasteiger partial charge in [-0.1, -0.05) is 22.6 Å².